The molecule has 0 bridgehead atoms. The topological polar surface area (TPSA) is 0 Å². The highest BCUT2D eigenvalue weighted by Gasteiger charge is 2.59. The molecule has 0 rings (SSSR count). The van der Waals surface area contributed by atoms with Crippen molar-refractivity contribution in [3.8, 4) is 0 Å². The smallest absolute Gasteiger partial charge is 0.0194 e. The molecule has 0 fully saturated rings. The van der Waals surface area contributed by atoms with E-state index in [-0.39, 0.29) is 142 Å². The maximum atomic E-state index is 5.75. The third-order valence-corrected chi connectivity index (χ3v) is 9.23. The summed E-state index contributed by atoms with van der Waals surface area (Å²) in [6.45, 7) is 34.3. The first-order valence-corrected chi connectivity index (χ1v) is 8.89. The van der Waals surface area contributed by atoms with E-state index < -0.39 is 0 Å². The minimum absolute atomic E-state index is 0. The van der Waals surface area contributed by atoms with Crippen LogP contribution in [0.1, 0.15) is 232 Å². The fourth-order valence-electron chi connectivity index (χ4n) is 3.84. The summed E-state index contributed by atoms with van der Waals surface area (Å²) in [5.74, 6) is 1.34. The lowest BCUT2D eigenvalue weighted by Crippen LogP contribution is -2.58. The van der Waals surface area contributed by atoms with Crippen molar-refractivity contribution in [2.24, 2.45) is 38.9 Å². The maximum absolute atomic E-state index is 5.75. The van der Waals surface area contributed by atoms with Crippen LogP contribution in [0.25, 0.3) is 0 Å². The molecule has 0 aromatic carbocycles. The van der Waals surface area contributed by atoms with Crippen LogP contribution in [0.3, 0.4) is 0 Å². The second kappa shape index (κ2) is 40.1. The highest BCUT2D eigenvalue weighted by Crippen LogP contribution is 2.66. The highest BCUT2D eigenvalue weighted by molar-refractivity contribution is 5.07. The molecule has 0 amide bonds. The molecular formula is C39H116. The fourth-order valence-corrected chi connectivity index (χ4v) is 3.84. The molecule has 0 N–H and O–H groups in total. The molecule has 0 radical (unpaired) electrons. The van der Waals surface area contributed by atoms with Crippen molar-refractivity contribution >= 4 is 0 Å². The summed E-state index contributed by atoms with van der Waals surface area (Å²) < 4.78 is 5.75. The quantitative estimate of drug-likeness (QED) is 0.290. The van der Waals surface area contributed by atoms with Gasteiger partial charge in [-0.15, -0.1) is 0 Å². The van der Waals surface area contributed by atoms with Crippen LogP contribution >= 0.6 is 0 Å². The first-order chi connectivity index (χ1) is 9.89. The summed E-state index contributed by atoms with van der Waals surface area (Å²) in [7, 11) is 1.25. The van der Waals surface area contributed by atoms with Crippen molar-refractivity contribution in [2.75, 3.05) is 0 Å². The Hall–Kier alpha value is 0. The third kappa shape index (κ3) is 21.4. The lowest BCUT2D eigenvalue weighted by atomic mass is 9.40. The van der Waals surface area contributed by atoms with Crippen LogP contribution in [0.5, 0.6) is 0 Å². The molecule has 0 saturated heterocycles. The molecule has 0 saturated carbocycles. The molecule has 0 unspecified atom stereocenters. The lowest BCUT2D eigenvalue weighted by Gasteiger charge is -2.65. The second-order valence-electron chi connectivity index (χ2n) is 10.6. The Labute approximate surface area is 270 Å². The summed E-state index contributed by atoms with van der Waals surface area (Å²) in [4.78, 5) is 0. The lowest BCUT2D eigenvalue weighted by molar-refractivity contribution is -0.163. The highest BCUT2D eigenvalue weighted by atomic mass is 14.6. The van der Waals surface area contributed by atoms with Gasteiger partial charge in [-0.1, -0.05) is 231 Å². The van der Waals surface area contributed by atoms with Crippen LogP contribution in [0.2, 0.25) is 0 Å². The van der Waals surface area contributed by atoms with Gasteiger partial charge in [0.05, 0.1) is 0 Å². The number of rotatable bonds is 6. The van der Waals surface area contributed by atoms with Gasteiger partial charge in [0.2, 0.25) is 0 Å². The summed E-state index contributed by atoms with van der Waals surface area (Å²) in [6, 6.07) is 0. The average molecular weight is 587 g/mol. The van der Waals surface area contributed by atoms with Crippen LogP contribution < -0.4 is 0 Å². The van der Waals surface area contributed by atoms with Gasteiger partial charge in [-0.25, -0.2) is 0 Å². The molecule has 0 spiro atoms. The Kier molecular flexibility index (Phi) is 131. The molecular weight excluding hydrogens is 468 g/mol. The van der Waals surface area contributed by atoms with E-state index >= 15 is 0 Å². The van der Waals surface area contributed by atoms with Crippen LogP contribution in [-0.4, -0.2) is 0 Å². The summed E-state index contributed by atoms with van der Waals surface area (Å²) in [6.07, 6.45) is 0. The van der Waals surface area contributed by atoms with Gasteiger partial charge in [-0.05, 0) is 38.9 Å². The predicted molar refractivity (Wildman–Crippen MR) is 220 cm³/mol. The predicted octanol–water partition coefficient (Wildman–Crippen LogP) is 18.9. The molecule has 0 aromatic rings. The van der Waals surface area contributed by atoms with Gasteiger partial charge in [0.25, 0.3) is 0 Å². The van der Waals surface area contributed by atoms with Crippen molar-refractivity contribution < 1.29 is 1.37 Å². The molecule has 0 heterocycles. The molecule has 39 heavy (non-hydrogen) atoms. The molecule has 0 aromatic heterocycles. The molecule has 0 aliphatic heterocycles. The minimum Gasteiger partial charge on any atom is -0.0776 e. The van der Waals surface area contributed by atoms with Gasteiger partial charge in [-0.2, -0.15) is 0 Å². The van der Waals surface area contributed by atoms with E-state index in [1.54, 1.807) is 0 Å². The summed E-state index contributed by atoms with van der Waals surface area (Å²) in [5.41, 5.74) is 1.29. The van der Waals surface area contributed by atoms with Crippen molar-refractivity contribution in [1.82, 2.24) is 0 Å². The monoisotopic (exact) mass is 587 g/mol. The van der Waals surface area contributed by atoms with E-state index in [1.165, 1.54) is 7.40 Å². The summed E-state index contributed by atoms with van der Waals surface area (Å²) in [5, 5.41) is 0. The van der Waals surface area contributed by atoms with E-state index in [0.717, 1.165) is 0 Å². The number of hydrogen-bond acceptors (Lipinski definition) is 0. The van der Waals surface area contributed by atoms with Crippen LogP contribution in [0.15, 0.2) is 0 Å². The Morgan fingerprint density at radius 1 is 0.282 bits per heavy atom. The van der Waals surface area contributed by atoms with Crippen molar-refractivity contribution in [3.63, 3.8) is 0 Å². The second-order valence-corrected chi connectivity index (χ2v) is 10.6. The van der Waals surface area contributed by atoms with Gasteiger partial charge >= 0.3 is 0 Å². The average Bonchev–Trinajstić information content (AvgIpc) is 2.39. The Balaban J connectivity index is -0.0000000133. The molecule has 0 aliphatic rings. The van der Waals surface area contributed by atoms with Gasteiger partial charge in [0, 0.05) is 1.37 Å². The largest absolute Gasteiger partial charge is 0.0776 e. The van der Waals surface area contributed by atoms with Crippen molar-refractivity contribution in [3.05, 3.63) is 0 Å². The van der Waals surface area contributed by atoms with E-state index in [0.29, 0.717) is 22.7 Å². The first kappa shape index (κ1) is 128. The zero-order chi connectivity index (χ0) is 19.7. The standard InChI is InChI=1S/C21H44.18CH4/c1-15(2)17(5,6)19(9,10)21(13,14)20(11,12)18(7,8)16(3)4;;;;;;;;;;;;;;;;;;/h15-16H,1-14H3;18*1H4/i;1T;;;;;;;;;;;;;;;;;. The molecule has 0 heteroatoms. The van der Waals surface area contributed by atoms with E-state index in [2.05, 4.69) is 96.9 Å². The van der Waals surface area contributed by atoms with Gasteiger partial charge in [0.15, 0.2) is 0 Å². The summed E-state index contributed by atoms with van der Waals surface area (Å²) >= 11 is 0. The van der Waals surface area contributed by atoms with Crippen LogP contribution in [0, 0.1) is 38.9 Å². The number of hydrogen-bond donors (Lipinski definition) is 0. The zero-order valence-corrected chi connectivity index (χ0v) is 18.7. The Bertz CT molecular complexity index is 321. The van der Waals surface area contributed by atoms with E-state index in [9.17, 15) is 0 Å². The third-order valence-electron chi connectivity index (χ3n) is 9.23. The molecule has 272 valence electrons. The Morgan fingerprint density at radius 2 is 0.385 bits per heavy atom. The zero-order valence-electron chi connectivity index (χ0n) is 19.7. The van der Waals surface area contributed by atoms with Crippen LogP contribution in [0.4, 0.5) is 0 Å². The maximum Gasteiger partial charge on any atom is 0.0194 e. The molecule has 0 atom stereocenters. The molecule has 0 aliphatic carbocycles. The minimum atomic E-state index is 0. The van der Waals surface area contributed by atoms with Crippen molar-refractivity contribution in [2.45, 2.75) is 231 Å². The molecule has 0 nitrogen and oxygen atoms in total. The van der Waals surface area contributed by atoms with Crippen LogP contribution in [-0.2, 0) is 0 Å². The first-order valence-electron chi connectivity index (χ1n) is 9.89. The Morgan fingerprint density at radius 3 is 0.462 bits per heavy atom. The van der Waals surface area contributed by atoms with E-state index in [4.69, 9.17) is 1.37 Å². The van der Waals surface area contributed by atoms with Crippen molar-refractivity contribution in [1.29, 1.82) is 0 Å². The van der Waals surface area contributed by atoms with Gasteiger partial charge in [0.1, 0.15) is 0 Å². The fraction of sp³-hybridized carbons (Fsp3) is 1.00. The van der Waals surface area contributed by atoms with E-state index in [1.807, 2.05) is 0 Å². The SMILES string of the molecule is C.C.C.C.C.C.C.C.C.C.C.C.C.C.C.C.C.CC(C)C(C)(C)C(C)(C)C(C)(C)C(C)(C)C(C)(C)C(C)C.[3H]C. The normalized spacial score (nSPS) is 8.79. The van der Waals surface area contributed by atoms with Gasteiger partial charge < -0.3 is 0 Å². The van der Waals surface area contributed by atoms with Gasteiger partial charge in [-0.3, -0.25) is 0 Å².